The van der Waals surface area contributed by atoms with E-state index in [0.29, 0.717) is 6.54 Å². The van der Waals surface area contributed by atoms with Crippen LogP contribution in [-0.4, -0.2) is 22.5 Å². The van der Waals surface area contributed by atoms with Crippen molar-refractivity contribution in [3.63, 3.8) is 0 Å². The molecule has 0 saturated carbocycles. The van der Waals surface area contributed by atoms with Crippen LogP contribution in [0.15, 0.2) is 59.3 Å². The Kier molecular flexibility index (Phi) is 5.61. The van der Waals surface area contributed by atoms with E-state index in [1.165, 1.54) is 6.92 Å². The van der Waals surface area contributed by atoms with Gasteiger partial charge in [0.2, 0.25) is 5.88 Å². The standard InChI is InChI=1S/C21H19N3O4/c1-14-18(17(12-22)20(27-14)24-10-6-7-11-24)21(26)28-15(2)19(25)23-13-16-8-4-3-5-9-16/h3-11,15H,13H2,1-2H3,(H,23,25). The number of carbonyl (C=O) groups excluding carboxylic acids is 2. The molecule has 1 atom stereocenters. The van der Waals surface area contributed by atoms with E-state index >= 15 is 0 Å². The monoisotopic (exact) mass is 377 g/mol. The zero-order valence-corrected chi connectivity index (χ0v) is 15.5. The molecule has 1 unspecified atom stereocenters. The van der Waals surface area contributed by atoms with E-state index in [1.807, 2.05) is 36.4 Å². The van der Waals surface area contributed by atoms with Crippen LogP contribution in [0, 0.1) is 18.3 Å². The first kappa shape index (κ1) is 19.0. The molecule has 142 valence electrons. The van der Waals surface area contributed by atoms with Gasteiger partial charge in [0, 0.05) is 18.9 Å². The maximum absolute atomic E-state index is 12.6. The minimum atomic E-state index is -1.02. The number of nitrogens with zero attached hydrogens (tertiary/aromatic N) is 2. The zero-order valence-electron chi connectivity index (χ0n) is 15.5. The molecule has 0 aliphatic rings. The van der Waals surface area contributed by atoms with Crippen LogP contribution in [0.25, 0.3) is 5.88 Å². The summed E-state index contributed by atoms with van der Waals surface area (Å²) in [6.45, 7) is 3.38. The largest absolute Gasteiger partial charge is 0.449 e. The summed E-state index contributed by atoms with van der Waals surface area (Å²) in [5.41, 5.74) is 1.02. The van der Waals surface area contributed by atoms with E-state index in [1.54, 1.807) is 36.0 Å². The first-order valence-electron chi connectivity index (χ1n) is 8.70. The average Bonchev–Trinajstić information content (AvgIpc) is 3.34. The van der Waals surface area contributed by atoms with Gasteiger partial charge in [0.25, 0.3) is 5.91 Å². The highest BCUT2D eigenvalue weighted by Gasteiger charge is 2.28. The number of aromatic nitrogens is 1. The van der Waals surface area contributed by atoms with Crippen molar-refractivity contribution in [2.75, 3.05) is 0 Å². The molecule has 1 aromatic carbocycles. The fourth-order valence-electron chi connectivity index (χ4n) is 2.73. The number of aryl methyl sites for hydroxylation is 1. The Hall–Kier alpha value is -3.79. The predicted octanol–water partition coefficient (Wildman–Crippen LogP) is 3.11. The van der Waals surface area contributed by atoms with Crippen LogP contribution in [0.2, 0.25) is 0 Å². The summed E-state index contributed by atoms with van der Waals surface area (Å²) in [5, 5.41) is 12.2. The lowest BCUT2D eigenvalue weighted by atomic mass is 10.1. The number of carbonyl (C=O) groups is 2. The van der Waals surface area contributed by atoms with Crippen LogP contribution in [-0.2, 0) is 16.1 Å². The summed E-state index contributed by atoms with van der Waals surface area (Å²) < 4.78 is 12.5. The molecule has 0 spiro atoms. The quantitative estimate of drug-likeness (QED) is 0.666. The Morgan fingerprint density at radius 1 is 1.21 bits per heavy atom. The molecule has 3 rings (SSSR count). The Morgan fingerprint density at radius 2 is 1.89 bits per heavy atom. The van der Waals surface area contributed by atoms with Gasteiger partial charge in [-0.15, -0.1) is 0 Å². The fourth-order valence-corrected chi connectivity index (χ4v) is 2.73. The number of hydrogen-bond acceptors (Lipinski definition) is 5. The van der Waals surface area contributed by atoms with Crippen molar-refractivity contribution >= 4 is 11.9 Å². The van der Waals surface area contributed by atoms with Crippen molar-refractivity contribution in [2.24, 2.45) is 0 Å². The van der Waals surface area contributed by atoms with Gasteiger partial charge < -0.3 is 14.5 Å². The number of furan rings is 1. The van der Waals surface area contributed by atoms with Gasteiger partial charge in [0.15, 0.2) is 6.10 Å². The molecule has 0 aliphatic carbocycles. The van der Waals surface area contributed by atoms with Crippen LogP contribution in [0.3, 0.4) is 0 Å². The van der Waals surface area contributed by atoms with Crippen molar-refractivity contribution in [3.8, 4) is 12.0 Å². The second-order valence-electron chi connectivity index (χ2n) is 6.17. The summed E-state index contributed by atoms with van der Waals surface area (Å²) in [7, 11) is 0. The molecular weight excluding hydrogens is 358 g/mol. The van der Waals surface area contributed by atoms with Crippen molar-refractivity contribution in [1.29, 1.82) is 5.26 Å². The molecule has 3 aromatic rings. The van der Waals surface area contributed by atoms with E-state index in [0.717, 1.165) is 5.56 Å². The lowest BCUT2D eigenvalue weighted by molar-refractivity contribution is -0.129. The third-order valence-corrected chi connectivity index (χ3v) is 4.18. The summed E-state index contributed by atoms with van der Waals surface area (Å²) in [5.74, 6) is -0.721. The normalized spacial score (nSPS) is 11.5. The van der Waals surface area contributed by atoms with E-state index < -0.39 is 18.0 Å². The average molecular weight is 377 g/mol. The van der Waals surface area contributed by atoms with Gasteiger partial charge in [0.05, 0.1) is 0 Å². The molecule has 0 saturated heterocycles. The topological polar surface area (TPSA) is 97.3 Å². The highest BCUT2D eigenvalue weighted by Crippen LogP contribution is 2.26. The molecule has 0 aliphatic heterocycles. The van der Waals surface area contributed by atoms with Gasteiger partial charge in [-0.25, -0.2) is 4.79 Å². The first-order chi connectivity index (χ1) is 13.5. The molecule has 2 heterocycles. The number of nitriles is 1. The summed E-state index contributed by atoms with van der Waals surface area (Å²) in [6.07, 6.45) is 2.38. The fraction of sp³-hybridized carbons (Fsp3) is 0.190. The minimum Gasteiger partial charge on any atom is -0.449 e. The molecule has 28 heavy (non-hydrogen) atoms. The molecule has 1 amide bonds. The Labute approximate surface area is 162 Å². The molecule has 1 N–H and O–H groups in total. The van der Waals surface area contributed by atoms with Gasteiger partial charge in [-0.3, -0.25) is 9.36 Å². The molecule has 0 fully saturated rings. The molecule has 0 bridgehead atoms. The second kappa shape index (κ2) is 8.27. The first-order valence-corrected chi connectivity index (χ1v) is 8.70. The Bertz CT molecular complexity index is 1010. The maximum atomic E-state index is 12.6. The van der Waals surface area contributed by atoms with Crippen LogP contribution in [0.4, 0.5) is 0 Å². The molecule has 0 radical (unpaired) electrons. The number of amides is 1. The van der Waals surface area contributed by atoms with E-state index in [9.17, 15) is 14.9 Å². The molecular formula is C21H19N3O4. The van der Waals surface area contributed by atoms with Gasteiger partial charge in [-0.2, -0.15) is 5.26 Å². The minimum absolute atomic E-state index is 0.0221. The SMILES string of the molecule is Cc1oc(-n2cccc2)c(C#N)c1C(=O)OC(C)C(=O)NCc1ccccc1. The zero-order chi connectivity index (χ0) is 20.1. The van der Waals surface area contributed by atoms with Crippen molar-refractivity contribution in [1.82, 2.24) is 9.88 Å². The summed E-state index contributed by atoms with van der Waals surface area (Å²) in [6, 6.07) is 14.9. The third-order valence-electron chi connectivity index (χ3n) is 4.18. The van der Waals surface area contributed by atoms with Crippen LogP contribution in [0.1, 0.15) is 34.2 Å². The predicted molar refractivity (Wildman–Crippen MR) is 101 cm³/mol. The number of nitrogens with one attached hydrogen (secondary N) is 1. The molecule has 7 heteroatoms. The Morgan fingerprint density at radius 3 is 2.54 bits per heavy atom. The second-order valence-corrected chi connectivity index (χ2v) is 6.17. The summed E-state index contributed by atoms with van der Waals surface area (Å²) >= 11 is 0. The van der Waals surface area contributed by atoms with Gasteiger partial charge in [0.1, 0.15) is 23.0 Å². The maximum Gasteiger partial charge on any atom is 0.343 e. The number of esters is 1. The third kappa shape index (κ3) is 3.96. The summed E-state index contributed by atoms with van der Waals surface area (Å²) in [4.78, 5) is 24.8. The Balaban J connectivity index is 1.70. The van der Waals surface area contributed by atoms with E-state index in [2.05, 4.69) is 5.32 Å². The number of rotatable bonds is 6. The van der Waals surface area contributed by atoms with Gasteiger partial charge in [-0.05, 0) is 31.5 Å². The van der Waals surface area contributed by atoms with E-state index in [-0.39, 0.29) is 22.8 Å². The van der Waals surface area contributed by atoms with Gasteiger partial charge >= 0.3 is 5.97 Å². The lowest BCUT2D eigenvalue weighted by Gasteiger charge is -2.13. The molecule has 2 aromatic heterocycles. The van der Waals surface area contributed by atoms with Crippen LogP contribution >= 0.6 is 0 Å². The highest BCUT2D eigenvalue weighted by atomic mass is 16.5. The van der Waals surface area contributed by atoms with Crippen molar-refractivity contribution in [3.05, 3.63) is 77.3 Å². The number of hydrogen-bond donors (Lipinski definition) is 1. The van der Waals surface area contributed by atoms with Crippen molar-refractivity contribution in [2.45, 2.75) is 26.5 Å². The lowest BCUT2D eigenvalue weighted by Crippen LogP contribution is -2.35. The smallest absolute Gasteiger partial charge is 0.343 e. The molecule has 7 nitrogen and oxygen atoms in total. The number of ether oxygens (including phenoxy) is 1. The van der Waals surface area contributed by atoms with E-state index in [4.69, 9.17) is 9.15 Å². The van der Waals surface area contributed by atoms with Crippen LogP contribution in [0.5, 0.6) is 0 Å². The number of benzene rings is 1. The van der Waals surface area contributed by atoms with Gasteiger partial charge in [-0.1, -0.05) is 30.3 Å². The highest BCUT2D eigenvalue weighted by molar-refractivity contribution is 5.96. The van der Waals surface area contributed by atoms with Crippen molar-refractivity contribution < 1.29 is 18.7 Å². The van der Waals surface area contributed by atoms with Crippen LogP contribution < -0.4 is 5.32 Å².